The van der Waals surface area contributed by atoms with Crippen LogP contribution in [0.4, 0.5) is 28.8 Å². The number of piperazine rings is 1. The topological polar surface area (TPSA) is 56.3 Å². The van der Waals surface area contributed by atoms with Gasteiger partial charge in [0.25, 0.3) is 0 Å². The summed E-state index contributed by atoms with van der Waals surface area (Å²) in [5.41, 5.74) is 8.16. The lowest BCUT2D eigenvalue weighted by Crippen LogP contribution is -2.44. The summed E-state index contributed by atoms with van der Waals surface area (Å²) in [5.74, 6) is 1.40. The fourth-order valence-electron chi connectivity index (χ4n) is 3.82. The zero-order valence-electron chi connectivity index (χ0n) is 19.2. The number of anilines is 5. The largest absolute Gasteiger partial charge is 0.369 e. The predicted octanol–water partition coefficient (Wildman–Crippen LogP) is 4.95. The molecule has 1 fully saturated rings. The van der Waals surface area contributed by atoms with Crippen LogP contribution in [0.25, 0.3) is 0 Å². The standard InChI is InChI=1S/C25H32N6/c1-17-14-22(15-18(2)20(17)4)27-24-19(3)16-26-25(29-24)28-21-6-8-23(9-7-21)31-12-10-30(5)11-13-31/h6-9,14-16H,10-13H2,1-5H3,(H2,26,27,28,29). The van der Waals surface area contributed by atoms with Gasteiger partial charge in [0.1, 0.15) is 5.82 Å². The van der Waals surface area contributed by atoms with E-state index in [1.807, 2.05) is 13.1 Å². The van der Waals surface area contributed by atoms with Crippen molar-refractivity contribution >= 4 is 28.8 Å². The van der Waals surface area contributed by atoms with Crippen LogP contribution in [0.2, 0.25) is 0 Å². The number of benzene rings is 2. The molecule has 0 atom stereocenters. The lowest BCUT2D eigenvalue weighted by molar-refractivity contribution is 0.313. The fourth-order valence-corrected chi connectivity index (χ4v) is 3.82. The van der Waals surface area contributed by atoms with Gasteiger partial charge in [-0.1, -0.05) is 0 Å². The molecule has 1 aliphatic rings. The van der Waals surface area contributed by atoms with Gasteiger partial charge in [0.05, 0.1) is 0 Å². The second-order valence-electron chi connectivity index (χ2n) is 8.55. The monoisotopic (exact) mass is 416 g/mol. The average molecular weight is 417 g/mol. The lowest BCUT2D eigenvalue weighted by Gasteiger charge is -2.34. The Morgan fingerprint density at radius 3 is 2.06 bits per heavy atom. The molecule has 0 aliphatic carbocycles. The van der Waals surface area contributed by atoms with Gasteiger partial charge in [0.2, 0.25) is 5.95 Å². The van der Waals surface area contributed by atoms with Gasteiger partial charge in [-0.3, -0.25) is 0 Å². The number of aryl methyl sites for hydroxylation is 3. The molecule has 2 aromatic carbocycles. The number of aromatic nitrogens is 2. The second-order valence-corrected chi connectivity index (χ2v) is 8.55. The number of nitrogens with one attached hydrogen (secondary N) is 2. The number of likely N-dealkylation sites (N-methyl/N-ethyl adjacent to an activating group) is 1. The zero-order chi connectivity index (χ0) is 22.0. The summed E-state index contributed by atoms with van der Waals surface area (Å²) in [5, 5.41) is 6.80. The van der Waals surface area contributed by atoms with E-state index in [1.54, 1.807) is 0 Å². The Morgan fingerprint density at radius 2 is 1.42 bits per heavy atom. The SMILES string of the molecule is Cc1cnc(Nc2ccc(N3CCN(C)CC3)cc2)nc1Nc1cc(C)c(C)c(C)c1. The first-order valence-electron chi connectivity index (χ1n) is 10.9. The summed E-state index contributed by atoms with van der Waals surface area (Å²) in [7, 11) is 2.18. The first kappa shape index (κ1) is 21.1. The van der Waals surface area contributed by atoms with E-state index in [1.165, 1.54) is 22.4 Å². The maximum absolute atomic E-state index is 4.72. The summed E-state index contributed by atoms with van der Waals surface area (Å²) in [4.78, 5) is 14.0. The first-order chi connectivity index (χ1) is 14.9. The normalized spacial score (nSPS) is 14.5. The number of rotatable bonds is 5. The van der Waals surface area contributed by atoms with Gasteiger partial charge in [0, 0.05) is 55.0 Å². The summed E-state index contributed by atoms with van der Waals surface area (Å²) in [6.07, 6.45) is 1.85. The number of hydrogen-bond donors (Lipinski definition) is 2. The van der Waals surface area contributed by atoms with Crippen molar-refractivity contribution in [2.24, 2.45) is 0 Å². The van der Waals surface area contributed by atoms with Crippen LogP contribution in [-0.2, 0) is 0 Å². The van der Waals surface area contributed by atoms with E-state index in [9.17, 15) is 0 Å². The van der Waals surface area contributed by atoms with E-state index in [2.05, 4.69) is 89.6 Å². The predicted molar refractivity (Wildman–Crippen MR) is 130 cm³/mol. The van der Waals surface area contributed by atoms with Crippen LogP contribution in [-0.4, -0.2) is 48.1 Å². The number of nitrogens with zero attached hydrogens (tertiary/aromatic N) is 4. The van der Waals surface area contributed by atoms with Gasteiger partial charge in [-0.15, -0.1) is 0 Å². The van der Waals surface area contributed by atoms with E-state index >= 15 is 0 Å². The van der Waals surface area contributed by atoms with Crippen molar-refractivity contribution in [2.45, 2.75) is 27.7 Å². The average Bonchev–Trinajstić information content (AvgIpc) is 2.75. The Labute approximate surface area is 185 Å². The van der Waals surface area contributed by atoms with Crippen molar-refractivity contribution in [3.63, 3.8) is 0 Å². The highest BCUT2D eigenvalue weighted by molar-refractivity contribution is 5.65. The number of hydrogen-bond acceptors (Lipinski definition) is 6. The van der Waals surface area contributed by atoms with Crippen LogP contribution in [0, 0.1) is 27.7 Å². The first-order valence-corrected chi connectivity index (χ1v) is 10.9. The summed E-state index contributed by atoms with van der Waals surface area (Å²) >= 11 is 0. The van der Waals surface area contributed by atoms with Gasteiger partial charge in [-0.2, -0.15) is 4.98 Å². The molecule has 0 unspecified atom stereocenters. The van der Waals surface area contributed by atoms with Crippen LogP contribution < -0.4 is 15.5 Å². The molecular formula is C25H32N6. The Hall–Kier alpha value is -3.12. The van der Waals surface area contributed by atoms with Crippen LogP contribution in [0.5, 0.6) is 0 Å². The Morgan fingerprint density at radius 1 is 0.774 bits per heavy atom. The molecule has 1 saturated heterocycles. The minimum absolute atomic E-state index is 0.584. The van der Waals surface area contributed by atoms with Gasteiger partial charge >= 0.3 is 0 Å². The van der Waals surface area contributed by atoms with Gasteiger partial charge in [-0.05, 0) is 87.8 Å². The summed E-state index contributed by atoms with van der Waals surface area (Å²) in [6.45, 7) is 12.8. The fraction of sp³-hybridized carbons (Fsp3) is 0.360. The molecule has 2 heterocycles. The van der Waals surface area contributed by atoms with E-state index in [-0.39, 0.29) is 0 Å². The Kier molecular flexibility index (Phi) is 6.09. The molecular weight excluding hydrogens is 384 g/mol. The van der Waals surface area contributed by atoms with E-state index < -0.39 is 0 Å². The van der Waals surface area contributed by atoms with Gasteiger partial charge in [-0.25, -0.2) is 4.98 Å². The molecule has 2 N–H and O–H groups in total. The third-order valence-corrected chi connectivity index (χ3v) is 6.15. The van der Waals surface area contributed by atoms with Gasteiger partial charge < -0.3 is 20.4 Å². The van der Waals surface area contributed by atoms with Gasteiger partial charge in [0.15, 0.2) is 0 Å². The molecule has 1 aromatic heterocycles. The molecule has 6 heteroatoms. The molecule has 1 aliphatic heterocycles. The van der Waals surface area contributed by atoms with Crippen molar-refractivity contribution in [3.05, 3.63) is 64.8 Å². The molecule has 0 saturated carbocycles. The molecule has 6 nitrogen and oxygen atoms in total. The molecule has 0 radical (unpaired) electrons. The molecule has 4 rings (SSSR count). The third kappa shape index (κ3) is 4.97. The molecule has 162 valence electrons. The minimum Gasteiger partial charge on any atom is -0.369 e. The third-order valence-electron chi connectivity index (χ3n) is 6.15. The van der Waals surface area contributed by atoms with E-state index in [4.69, 9.17) is 4.98 Å². The minimum atomic E-state index is 0.584. The maximum Gasteiger partial charge on any atom is 0.229 e. The van der Waals surface area contributed by atoms with Crippen LogP contribution >= 0.6 is 0 Å². The molecule has 0 spiro atoms. The Bertz CT molecular complexity index is 1030. The van der Waals surface area contributed by atoms with Crippen LogP contribution in [0.3, 0.4) is 0 Å². The Balaban J connectivity index is 1.47. The van der Waals surface area contributed by atoms with Crippen molar-refractivity contribution in [2.75, 3.05) is 48.8 Å². The lowest BCUT2D eigenvalue weighted by atomic mass is 10.0. The second kappa shape index (κ2) is 8.94. The highest BCUT2D eigenvalue weighted by atomic mass is 15.2. The van der Waals surface area contributed by atoms with E-state index in [0.717, 1.165) is 48.9 Å². The molecule has 0 bridgehead atoms. The van der Waals surface area contributed by atoms with Crippen molar-refractivity contribution < 1.29 is 0 Å². The van der Waals surface area contributed by atoms with Crippen LogP contribution in [0.1, 0.15) is 22.3 Å². The van der Waals surface area contributed by atoms with Crippen molar-refractivity contribution in [3.8, 4) is 0 Å². The van der Waals surface area contributed by atoms with Crippen LogP contribution in [0.15, 0.2) is 42.6 Å². The van der Waals surface area contributed by atoms with Crippen molar-refractivity contribution in [1.29, 1.82) is 0 Å². The maximum atomic E-state index is 4.72. The highest BCUT2D eigenvalue weighted by Gasteiger charge is 2.14. The zero-order valence-corrected chi connectivity index (χ0v) is 19.2. The van der Waals surface area contributed by atoms with E-state index in [0.29, 0.717) is 5.95 Å². The molecule has 0 amide bonds. The highest BCUT2D eigenvalue weighted by Crippen LogP contribution is 2.25. The smallest absolute Gasteiger partial charge is 0.229 e. The van der Waals surface area contributed by atoms with Crippen molar-refractivity contribution in [1.82, 2.24) is 14.9 Å². The molecule has 3 aromatic rings. The molecule has 31 heavy (non-hydrogen) atoms. The summed E-state index contributed by atoms with van der Waals surface area (Å²) < 4.78 is 0. The quantitative estimate of drug-likeness (QED) is 0.614. The summed E-state index contributed by atoms with van der Waals surface area (Å²) in [6, 6.07) is 12.8.